The fraction of sp³-hybridized carbons (Fsp3) is 0.235. The van der Waals surface area contributed by atoms with E-state index in [2.05, 4.69) is 0 Å². The highest BCUT2D eigenvalue weighted by Gasteiger charge is 2.25. The van der Waals surface area contributed by atoms with Crippen LogP contribution in [-0.4, -0.2) is 17.2 Å². The molecule has 4 heteroatoms. The smallest absolute Gasteiger partial charge is 0.344 e. The van der Waals surface area contributed by atoms with Gasteiger partial charge in [-0.25, -0.2) is 4.79 Å². The van der Waals surface area contributed by atoms with Crippen LogP contribution in [-0.2, 0) is 17.8 Å². The normalized spacial score (nSPS) is 16.7. The second kappa shape index (κ2) is 5.87. The zero-order valence-corrected chi connectivity index (χ0v) is 11.5. The summed E-state index contributed by atoms with van der Waals surface area (Å²) >= 11 is 0. The van der Waals surface area contributed by atoms with Crippen molar-refractivity contribution < 1.29 is 19.4 Å². The molecule has 0 radical (unpaired) electrons. The number of rotatable bonds is 4. The molecule has 108 valence electrons. The maximum atomic E-state index is 11.0. The molecule has 21 heavy (non-hydrogen) atoms. The van der Waals surface area contributed by atoms with E-state index < -0.39 is 12.1 Å². The SMILES string of the molecule is O=C(O)C1CCc2ccc(OCc3ccccc3)cc2O1. The largest absolute Gasteiger partial charge is 0.489 e. The molecule has 0 spiro atoms. The molecule has 1 aliphatic heterocycles. The van der Waals surface area contributed by atoms with E-state index in [1.807, 2.05) is 42.5 Å². The van der Waals surface area contributed by atoms with Crippen molar-refractivity contribution in [2.24, 2.45) is 0 Å². The molecule has 0 amide bonds. The van der Waals surface area contributed by atoms with Crippen LogP contribution < -0.4 is 9.47 Å². The third-order valence-corrected chi connectivity index (χ3v) is 3.51. The van der Waals surface area contributed by atoms with Crippen LogP contribution >= 0.6 is 0 Å². The Morgan fingerprint density at radius 1 is 1.24 bits per heavy atom. The lowest BCUT2D eigenvalue weighted by Gasteiger charge is -2.23. The van der Waals surface area contributed by atoms with E-state index in [-0.39, 0.29) is 0 Å². The number of aryl methyl sites for hydroxylation is 1. The quantitative estimate of drug-likeness (QED) is 0.937. The van der Waals surface area contributed by atoms with Crippen LogP contribution in [0.1, 0.15) is 17.5 Å². The van der Waals surface area contributed by atoms with Gasteiger partial charge in [0.2, 0.25) is 0 Å². The molecular formula is C17H16O4. The molecule has 0 saturated heterocycles. The topological polar surface area (TPSA) is 55.8 Å². The summed E-state index contributed by atoms with van der Waals surface area (Å²) in [7, 11) is 0. The van der Waals surface area contributed by atoms with Gasteiger partial charge in [0.15, 0.2) is 6.10 Å². The summed E-state index contributed by atoms with van der Waals surface area (Å²) in [6.07, 6.45) is 0.458. The van der Waals surface area contributed by atoms with E-state index in [1.54, 1.807) is 6.07 Å². The molecule has 1 N–H and O–H groups in total. The van der Waals surface area contributed by atoms with Crippen LogP contribution in [0.15, 0.2) is 48.5 Å². The molecule has 1 unspecified atom stereocenters. The fourth-order valence-corrected chi connectivity index (χ4v) is 2.35. The van der Waals surface area contributed by atoms with E-state index >= 15 is 0 Å². The molecule has 4 nitrogen and oxygen atoms in total. The number of fused-ring (bicyclic) bond motifs is 1. The number of carbonyl (C=O) groups is 1. The average Bonchev–Trinajstić information content (AvgIpc) is 2.53. The van der Waals surface area contributed by atoms with Gasteiger partial charge in [0, 0.05) is 6.07 Å². The molecule has 0 fully saturated rings. The van der Waals surface area contributed by atoms with Crippen molar-refractivity contribution in [1.29, 1.82) is 0 Å². The molecule has 1 heterocycles. The van der Waals surface area contributed by atoms with E-state index in [1.165, 1.54) is 0 Å². The van der Waals surface area contributed by atoms with Crippen LogP contribution in [0.4, 0.5) is 0 Å². The Morgan fingerprint density at radius 2 is 2.05 bits per heavy atom. The van der Waals surface area contributed by atoms with Gasteiger partial charge in [-0.15, -0.1) is 0 Å². The maximum absolute atomic E-state index is 11.0. The Labute approximate surface area is 122 Å². The highest BCUT2D eigenvalue weighted by atomic mass is 16.5. The van der Waals surface area contributed by atoms with E-state index in [4.69, 9.17) is 14.6 Å². The first-order chi connectivity index (χ1) is 10.2. The molecular weight excluding hydrogens is 268 g/mol. The van der Waals surface area contributed by atoms with Gasteiger partial charge in [-0.05, 0) is 30.0 Å². The number of ether oxygens (including phenoxy) is 2. The molecule has 0 saturated carbocycles. The van der Waals surface area contributed by atoms with Crippen molar-refractivity contribution in [2.45, 2.75) is 25.6 Å². The van der Waals surface area contributed by atoms with Gasteiger partial charge in [0.25, 0.3) is 0 Å². The number of hydrogen-bond acceptors (Lipinski definition) is 3. The predicted octanol–water partition coefficient (Wildman–Crippen LogP) is 3.04. The average molecular weight is 284 g/mol. The molecule has 0 aromatic heterocycles. The van der Waals surface area contributed by atoms with Gasteiger partial charge in [-0.1, -0.05) is 36.4 Å². The Bertz CT molecular complexity index is 636. The molecule has 1 atom stereocenters. The summed E-state index contributed by atoms with van der Waals surface area (Å²) in [5.74, 6) is 0.374. The number of aliphatic carboxylic acids is 1. The van der Waals surface area contributed by atoms with Crippen LogP contribution in [0.5, 0.6) is 11.5 Å². The monoisotopic (exact) mass is 284 g/mol. The number of benzene rings is 2. The van der Waals surface area contributed by atoms with E-state index in [0.29, 0.717) is 30.9 Å². The van der Waals surface area contributed by atoms with Gasteiger partial charge in [-0.3, -0.25) is 0 Å². The lowest BCUT2D eigenvalue weighted by molar-refractivity contribution is -0.145. The zero-order valence-electron chi connectivity index (χ0n) is 11.5. The number of carboxylic acid groups (broad SMARTS) is 1. The van der Waals surface area contributed by atoms with Crippen molar-refractivity contribution >= 4 is 5.97 Å². The minimum atomic E-state index is -0.920. The van der Waals surface area contributed by atoms with E-state index in [9.17, 15) is 4.79 Å². The van der Waals surface area contributed by atoms with Gasteiger partial charge in [0.1, 0.15) is 18.1 Å². The Balaban J connectivity index is 1.71. The Hall–Kier alpha value is -2.49. The van der Waals surface area contributed by atoms with Gasteiger partial charge in [0.05, 0.1) is 0 Å². The van der Waals surface area contributed by atoms with Crippen LogP contribution in [0.3, 0.4) is 0 Å². The molecule has 0 aliphatic carbocycles. The first-order valence-corrected chi connectivity index (χ1v) is 6.91. The highest BCUT2D eigenvalue weighted by molar-refractivity contribution is 5.73. The van der Waals surface area contributed by atoms with Crippen molar-refractivity contribution in [1.82, 2.24) is 0 Å². The van der Waals surface area contributed by atoms with Gasteiger partial charge in [-0.2, -0.15) is 0 Å². The third kappa shape index (κ3) is 3.16. The second-order valence-corrected chi connectivity index (χ2v) is 5.03. The summed E-state index contributed by atoms with van der Waals surface area (Å²) in [5, 5.41) is 9.03. The fourth-order valence-electron chi connectivity index (χ4n) is 2.35. The molecule has 0 bridgehead atoms. The van der Waals surface area contributed by atoms with Gasteiger partial charge >= 0.3 is 5.97 Å². The minimum Gasteiger partial charge on any atom is -0.489 e. The second-order valence-electron chi connectivity index (χ2n) is 5.03. The van der Waals surface area contributed by atoms with Crippen LogP contribution in [0.2, 0.25) is 0 Å². The summed E-state index contributed by atoms with van der Waals surface area (Å²) < 4.78 is 11.2. The maximum Gasteiger partial charge on any atom is 0.344 e. The summed E-state index contributed by atoms with van der Waals surface area (Å²) in [5.41, 5.74) is 2.11. The zero-order chi connectivity index (χ0) is 14.7. The summed E-state index contributed by atoms with van der Waals surface area (Å²) in [6, 6.07) is 15.5. The molecule has 3 rings (SSSR count). The molecule has 2 aromatic rings. The lowest BCUT2D eigenvalue weighted by Crippen LogP contribution is -2.30. The van der Waals surface area contributed by atoms with E-state index in [0.717, 1.165) is 11.1 Å². The highest BCUT2D eigenvalue weighted by Crippen LogP contribution is 2.31. The predicted molar refractivity (Wildman–Crippen MR) is 77.6 cm³/mol. The van der Waals surface area contributed by atoms with Crippen molar-refractivity contribution in [3.8, 4) is 11.5 Å². The number of hydrogen-bond donors (Lipinski definition) is 1. The molecule has 2 aromatic carbocycles. The first kappa shape index (κ1) is 13.5. The lowest BCUT2D eigenvalue weighted by atomic mass is 10.0. The Kier molecular flexibility index (Phi) is 3.77. The first-order valence-electron chi connectivity index (χ1n) is 6.91. The standard InChI is InChI=1S/C17H16O4/c18-17(19)15-9-7-13-6-8-14(10-16(13)21-15)20-11-12-4-2-1-3-5-12/h1-6,8,10,15H,7,9,11H2,(H,18,19). The third-order valence-electron chi connectivity index (χ3n) is 3.51. The summed E-state index contributed by atoms with van der Waals surface area (Å²) in [6.45, 7) is 0.474. The Morgan fingerprint density at radius 3 is 2.81 bits per heavy atom. The van der Waals surface area contributed by atoms with Crippen molar-refractivity contribution in [3.63, 3.8) is 0 Å². The van der Waals surface area contributed by atoms with Crippen LogP contribution in [0, 0.1) is 0 Å². The van der Waals surface area contributed by atoms with Gasteiger partial charge < -0.3 is 14.6 Å². The van der Waals surface area contributed by atoms with Crippen LogP contribution in [0.25, 0.3) is 0 Å². The summed E-state index contributed by atoms with van der Waals surface area (Å²) in [4.78, 5) is 11.0. The molecule has 1 aliphatic rings. The number of carboxylic acids is 1. The van der Waals surface area contributed by atoms with Crippen molar-refractivity contribution in [2.75, 3.05) is 0 Å². The minimum absolute atomic E-state index is 0.474. The van der Waals surface area contributed by atoms with Crippen molar-refractivity contribution in [3.05, 3.63) is 59.7 Å².